The van der Waals surface area contributed by atoms with Crippen molar-refractivity contribution in [1.29, 1.82) is 0 Å². The van der Waals surface area contributed by atoms with Crippen LogP contribution in [-0.2, 0) is 11.2 Å². The highest BCUT2D eigenvalue weighted by Gasteiger charge is 2.28. The van der Waals surface area contributed by atoms with E-state index >= 15 is 0 Å². The standard InChI is InChI=1S/C15H19BrO/c1-2-11-7-8-15(17)13(9-11)10-12-5-3-4-6-14(12)16/h3-6,11,13H,2,7-10H2,1H3. The van der Waals surface area contributed by atoms with E-state index in [-0.39, 0.29) is 5.92 Å². The van der Waals surface area contributed by atoms with Crippen LogP contribution in [0.5, 0.6) is 0 Å². The molecule has 1 fully saturated rings. The van der Waals surface area contributed by atoms with Crippen LogP contribution in [-0.4, -0.2) is 5.78 Å². The first kappa shape index (κ1) is 12.8. The molecule has 0 radical (unpaired) electrons. The highest BCUT2D eigenvalue weighted by Crippen LogP contribution is 2.32. The maximum atomic E-state index is 12.0. The summed E-state index contributed by atoms with van der Waals surface area (Å²) >= 11 is 3.56. The number of benzene rings is 1. The summed E-state index contributed by atoms with van der Waals surface area (Å²) in [6.45, 7) is 2.23. The Balaban J connectivity index is 2.07. The number of hydrogen-bond acceptors (Lipinski definition) is 1. The third-order valence-electron chi connectivity index (χ3n) is 3.87. The van der Waals surface area contributed by atoms with E-state index in [1.807, 2.05) is 12.1 Å². The molecule has 0 saturated heterocycles. The van der Waals surface area contributed by atoms with Gasteiger partial charge in [-0.05, 0) is 36.8 Å². The van der Waals surface area contributed by atoms with Gasteiger partial charge in [-0.1, -0.05) is 47.5 Å². The van der Waals surface area contributed by atoms with Crippen LogP contribution >= 0.6 is 15.9 Å². The molecule has 0 amide bonds. The fraction of sp³-hybridized carbons (Fsp3) is 0.533. The van der Waals surface area contributed by atoms with E-state index in [2.05, 4.69) is 35.0 Å². The van der Waals surface area contributed by atoms with E-state index in [0.29, 0.717) is 5.78 Å². The van der Waals surface area contributed by atoms with Crippen LogP contribution in [0.4, 0.5) is 0 Å². The van der Waals surface area contributed by atoms with Gasteiger partial charge >= 0.3 is 0 Å². The molecule has 1 aliphatic carbocycles. The van der Waals surface area contributed by atoms with E-state index in [1.165, 1.54) is 12.0 Å². The van der Waals surface area contributed by atoms with E-state index in [4.69, 9.17) is 0 Å². The third kappa shape index (κ3) is 3.19. The van der Waals surface area contributed by atoms with Gasteiger partial charge in [0.15, 0.2) is 0 Å². The van der Waals surface area contributed by atoms with E-state index in [1.54, 1.807) is 0 Å². The smallest absolute Gasteiger partial charge is 0.136 e. The second-order valence-electron chi connectivity index (χ2n) is 5.01. The number of halogens is 1. The number of rotatable bonds is 3. The molecule has 17 heavy (non-hydrogen) atoms. The normalized spacial score (nSPS) is 24.9. The summed E-state index contributed by atoms with van der Waals surface area (Å²) in [6.07, 6.45) is 5.07. The number of hydrogen-bond donors (Lipinski definition) is 0. The first-order valence-corrected chi connectivity index (χ1v) is 7.26. The molecule has 2 atom stereocenters. The maximum absolute atomic E-state index is 12.0. The molecule has 2 heteroatoms. The molecule has 0 aliphatic heterocycles. The summed E-state index contributed by atoms with van der Waals surface area (Å²) in [5.74, 6) is 1.46. The molecule has 0 bridgehead atoms. The summed E-state index contributed by atoms with van der Waals surface area (Å²) < 4.78 is 1.13. The van der Waals surface area contributed by atoms with Crippen molar-refractivity contribution in [2.24, 2.45) is 11.8 Å². The lowest BCUT2D eigenvalue weighted by Gasteiger charge is -2.27. The van der Waals surface area contributed by atoms with Gasteiger partial charge in [-0.2, -0.15) is 0 Å². The van der Waals surface area contributed by atoms with E-state index < -0.39 is 0 Å². The quantitative estimate of drug-likeness (QED) is 0.808. The number of ketones is 1. The Labute approximate surface area is 112 Å². The Morgan fingerprint density at radius 1 is 1.35 bits per heavy atom. The minimum Gasteiger partial charge on any atom is -0.299 e. The predicted molar refractivity (Wildman–Crippen MR) is 74.0 cm³/mol. The minimum atomic E-state index is 0.243. The SMILES string of the molecule is CCC1CCC(=O)C(Cc2ccccc2Br)C1. The summed E-state index contributed by atoms with van der Waals surface area (Å²) in [5, 5.41) is 0. The molecule has 2 unspecified atom stereocenters. The van der Waals surface area contributed by atoms with Gasteiger partial charge in [-0.3, -0.25) is 4.79 Å². The van der Waals surface area contributed by atoms with Gasteiger partial charge < -0.3 is 0 Å². The second-order valence-corrected chi connectivity index (χ2v) is 5.86. The molecular formula is C15H19BrO. The molecular weight excluding hydrogens is 276 g/mol. The zero-order valence-electron chi connectivity index (χ0n) is 10.3. The fourth-order valence-corrected chi connectivity index (χ4v) is 3.15. The Morgan fingerprint density at radius 3 is 2.82 bits per heavy atom. The van der Waals surface area contributed by atoms with Crippen molar-refractivity contribution >= 4 is 21.7 Å². The fourth-order valence-electron chi connectivity index (χ4n) is 2.70. The lowest BCUT2D eigenvalue weighted by Crippen LogP contribution is -2.26. The Hall–Kier alpha value is -0.630. The van der Waals surface area contributed by atoms with Gasteiger partial charge in [0.05, 0.1) is 0 Å². The lowest BCUT2D eigenvalue weighted by atomic mass is 9.77. The maximum Gasteiger partial charge on any atom is 0.136 e. The second kappa shape index (κ2) is 5.81. The Bertz CT molecular complexity index is 400. The Morgan fingerprint density at radius 2 is 2.12 bits per heavy atom. The van der Waals surface area contributed by atoms with Crippen molar-refractivity contribution in [3.8, 4) is 0 Å². The molecule has 0 N–H and O–H groups in total. The highest BCUT2D eigenvalue weighted by molar-refractivity contribution is 9.10. The summed E-state index contributed by atoms with van der Waals surface area (Å²) in [6, 6.07) is 8.24. The minimum absolute atomic E-state index is 0.243. The summed E-state index contributed by atoms with van der Waals surface area (Å²) in [4.78, 5) is 12.0. The van der Waals surface area contributed by atoms with Crippen molar-refractivity contribution in [2.45, 2.75) is 39.0 Å². The van der Waals surface area contributed by atoms with Crippen molar-refractivity contribution < 1.29 is 4.79 Å². The molecule has 2 rings (SSSR count). The van der Waals surface area contributed by atoms with Gasteiger partial charge in [0.2, 0.25) is 0 Å². The van der Waals surface area contributed by atoms with Gasteiger partial charge in [0.25, 0.3) is 0 Å². The average molecular weight is 295 g/mol. The zero-order chi connectivity index (χ0) is 12.3. The summed E-state index contributed by atoms with van der Waals surface area (Å²) in [7, 11) is 0. The van der Waals surface area contributed by atoms with Gasteiger partial charge in [-0.15, -0.1) is 0 Å². The molecule has 1 saturated carbocycles. The lowest BCUT2D eigenvalue weighted by molar-refractivity contribution is -0.125. The van der Waals surface area contributed by atoms with Crippen molar-refractivity contribution in [1.82, 2.24) is 0 Å². The first-order valence-electron chi connectivity index (χ1n) is 6.46. The molecule has 0 aromatic heterocycles. The van der Waals surface area contributed by atoms with Crippen LogP contribution in [0.25, 0.3) is 0 Å². The van der Waals surface area contributed by atoms with E-state index in [0.717, 1.165) is 36.1 Å². The molecule has 1 aliphatic rings. The topological polar surface area (TPSA) is 17.1 Å². The van der Waals surface area contributed by atoms with Crippen molar-refractivity contribution in [3.63, 3.8) is 0 Å². The van der Waals surface area contributed by atoms with Crippen molar-refractivity contribution in [2.75, 3.05) is 0 Å². The average Bonchev–Trinajstić information content (AvgIpc) is 2.35. The first-order chi connectivity index (χ1) is 8.20. The molecule has 0 heterocycles. The molecule has 1 nitrogen and oxygen atoms in total. The monoisotopic (exact) mass is 294 g/mol. The summed E-state index contributed by atoms with van der Waals surface area (Å²) in [5.41, 5.74) is 1.27. The van der Waals surface area contributed by atoms with Crippen LogP contribution in [0.15, 0.2) is 28.7 Å². The Kier molecular flexibility index (Phi) is 4.38. The predicted octanol–water partition coefficient (Wildman–Crippen LogP) is 4.39. The molecule has 1 aromatic carbocycles. The van der Waals surface area contributed by atoms with E-state index in [9.17, 15) is 4.79 Å². The number of carbonyl (C=O) groups excluding carboxylic acids is 1. The van der Waals surface area contributed by atoms with Gasteiger partial charge in [-0.25, -0.2) is 0 Å². The largest absolute Gasteiger partial charge is 0.299 e. The molecule has 1 aromatic rings. The zero-order valence-corrected chi connectivity index (χ0v) is 11.9. The third-order valence-corrected chi connectivity index (χ3v) is 4.65. The van der Waals surface area contributed by atoms with Gasteiger partial charge in [0, 0.05) is 16.8 Å². The van der Waals surface area contributed by atoms with Crippen LogP contribution in [0, 0.1) is 11.8 Å². The number of Topliss-reactive ketones (excluding diaryl/α,β-unsaturated/α-hetero) is 1. The van der Waals surface area contributed by atoms with Crippen LogP contribution < -0.4 is 0 Å². The van der Waals surface area contributed by atoms with Crippen LogP contribution in [0.2, 0.25) is 0 Å². The highest BCUT2D eigenvalue weighted by atomic mass is 79.9. The van der Waals surface area contributed by atoms with Crippen LogP contribution in [0.3, 0.4) is 0 Å². The van der Waals surface area contributed by atoms with Gasteiger partial charge in [0.1, 0.15) is 5.78 Å². The number of carbonyl (C=O) groups is 1. The van der Waals surface area contributed by atoms with Crippen LogP contribution in [0.1, 0.15) is 38.2 Å². The molecule has 92 valence electrons. The molecule has 0 spiro atoms. The van der Waals surface area contributed by atoms with Crippen molar-refractivity contribution in [3.05, 3.63) is 34.3 Å².